The number of carbonyl (C=O) groups is 2. The molecule has 0 aliphatic carbocycles. The number of cyclic esters (lactones) is 1. The van der Waals surface area contributed by atoms with E-state index in [1.54, 1.807) is 0 Å². The van der Waals surface area contributed by atoms with Gasteiger partial charge in [-0.2, -0.15) is 0 Å². The molecule has 1 fully saturated rings. The van der Waals surface area contributed by atoms with Gasteiger partial charge in [-0.1, -0.05) is 44.2 Å². The van der Waals surface area contributed by atoms with Gasteiger partial charge in [0.2, 0.25) is 0 Å². The SMILES string of the molecule is CC(C)C[C@H]1C(=O)OCN1C(=O)OCc1ccccc1. The van der Waals surface area contributed by atoms with E-state index < -0.39 is 12.1 Å². The van der Waals surface area contributed by atoms with Gasteiger partial charge in [0.05, 0.1) is 0 Å². The van der Waals surface area contributed by atoms with E-state index >= 15 is 0 Å². The Morgan fingerprint density at radius 1 is 1.40 bits per heavy atom. The average Bonchev–Trinajstić information content (AvgIpc) is 2.78. The zero-order valence-electron chi connectivity index (χ0n) is 11.7. The highest BCUT2D eigenvalue weighted by Gasteiger charge is 2.38. The van der Waals surface area contributed by atoms with Crippen molar-refractivity contribution < 1.29 is 19.1 Å². The van der Waals surface area contributed by atoms with Crippen LogP contribution in [0.5, 0.6) is 0 Å². The fourth-order valence-electron chi connectivity index (χ4n) is 2.10. The van der Waals surface area contributed by atoms with Gasteiger partial charge in [-0.25, -0.2) is 9.59 Å². The van der Waals surface area contributed by atoms with Crippen LogP contribution in [0, 0.1) is 5.92 Å². The molecule has 1 aliphatic rings. The van der Waals surface area contributed by atoms with Crippen LogP contribution < -0.4 is 0 Å². The summed E-state index contributed by atoms with van der Waals surface area (Å²) in [5.41, 5.74) is 0.910. The number of hydrogen-bond acceptors (Lipinski definition) is 4. The second-order valence-electron chi connectivity index (χ2n) is 5.25. The molecule has 0 spiro atoms. The van der Waals surface area contributed by atoms with Crippen molar-refractivity contribution in [3.8, 4) is 0 Å². The fourth-order valence-corrected chi connectivity index (χ4v) is 2.10. The molecule has 108 valence electrons. The molecule has 0 N–H and O–H groups in total. The van der Waals surface area contributed by atoms with Crippen molar-refractivity contribution in [2.45, 2.75) is 32.9 Å². The lowest BCUT2D eigenvalue weighted by Crippen LogP contribution is -2.39. The molecule has 1 aliphatic heterocycles. The molecule has 5 nitrogen and oxygen atoms in total. The van der Waals surface area contributed by atoms with Gasteiger partial charge in [0.25, 0.3) is 0 Å². The number of carbonyl (C=O) groups excluding carboxylic acids is 2. The van der Waals surface area contributed by atoms with Crippen molar-refractivity contribution >= 4 is 12.1 Å². The number of ether oxygens (including phenoxy) is 2. The van der Waals surface area contributed by atoms with Crippen LogP contribution in [0.2, 0.25) is 0 Å². The van der Waals surface area contributed by atoms with E-state index in [2.05, 4.69) is 0 Å². The van der Waals surface area contributed by atoms with E-state index in [0.717, 1.165) is 5.56 Å². The number of hydrogen-bond donors (Lipinski definition) is 0. The molecule has 0 radical (unpaired) electrons. The van der Waals surface area contributed by atoms with Crippen LogP contribution in [0.4, 0.5) is 4.79 Å². The first-order valence-corrected chi connectivity index (χ1v) is 6.72. The number of rotatable bonds is 4. The van der Waals surface area contributed by atoms with Gasteiger partial charge in [0.1, 0.15) is 12.6 Å². The molecule has 1 heterocycles. The first kappa shape index (κ1) is 14.4. The summed E-state index contributed by atoms with van der Waals surface area (Å²) < 4.78 is 10.2. The summed E-state index contributed by atoms with van der Waals surface area (Å²) >= 11 is 0. The summed E-state index contributed by atoms with van der Waals surface area (Å²) in [6.45, 7) is 4.17. The third-order valence-electron chi connectivity index (χ3n) is 3.13. The summed E-state index contributed by atoms with van der Waals surface area (Å²) in [7, 11) is 0. The van der Waals surface area contributed by atoms with Crippen LogP contribution in [0.25, 0.3) is 0 Å². The predicted octanol–water partition coefficient (Wildman–Crippen LogP) is 2.55. The first-order valence-electron chi connectivity index (χ1n) is 6.72. The molecule has 1 aromatic carbocycles. The van der Waals surface area contributed by atoms with Crippen molar-refractivity contribution in [1.29, 1.82) is 0 Å². The standard InChI is InChI=1S/C15H19NO4/c1-11(2)8-13-14(17)20-10-16(13)15(18)19-9-12-6-4-3-5-7-12/h3-7,11,13H,8-10H2,1-2H3/t13-/m0/s1. The molecule has 20 heavy (non-hydrogen) atoms. The molecule has 1 saturated heterocycles. The first-order chi connectivity index (χ1) is 9.58. The largest absolute Gasteiger partial charge is 0.444 e. The summed E-state index contributed by atoms with van der Waals surface area (Å²) in [5.74, 6) is -0.0505. The molecule has 5 heteroatoms. The zero-order chi connectivity index (χ0) is 14.5. The van der Waals surface area contributed by atoms with Gasteiger partial charge in [0.15, 0.2) is 6.73 Å². The molecule has 0 aromatic heterocycles. The van der Waals surface area contributed by atoms with Crippen LogP contribution in [0.3, 0.4) is 0 Å². The molecular formula is C15H19NO4. The van der Waals surface area contributed by atoms with Crippen molar-refractivity contribution in [3.63, 3.8) is 0 Å². The Morgan fingerprint density at radius 2 is 2.10 bits per heavy atom. The minimum absolute atomic E-state index is 0.0240. The molecular weight excluding hydrogens is 258 g/mol. The number of amides is 1. The quantitative estimate of drug-likeness (QED) is 0.794. The highest BCUT2D eigenvalue weighted by molar-refractivity contribution is 5.83. The second kappa shape index (κ2) is 6.41. The van der Waals surface area contributed by atoms with E-state index in [4.69, 9.17) is 9.47 Å². The van der Waals surface area contributed by atoms with E-state index in [1.807, 2.05) is 44.2 Å². The highest BCUT2D eigenvalue weighted by Crippen LogP contribution is 2.20. The summed E-state index contributed by atoms with van der Waals surface area (Å²) in [4.78, 5) is 25.0. The lowest BCUT2D eigenvalue weighted by atomic mass is 10.0. The Hall–Kier alpha value is -2.04. The number of nitrogens with zero attached hydrogens (tertiary/aromatic N) is 1. The summed E-state index contributed by atoms with van der Waals surface area (Å²) in [6.07, 6.45) is 0.0737. The van der Waals surface area contributed by atoms with Crippen LogP contribution in [-0.4, -0.2) is 29.7 Å². The summed E-state index contributed by atoms with van der Waals surface area (Å²) in [5, 5.41) is 0. The molecule has 1 amide bonds. The van der Waals surface area contributed by atoms with E-state index in [-0.39, 0.29) is 19.3 Å². The molecule has 0 saturated carbocycles. The molecule has 1 atom stereocenters. The van der Waals surface area contributed by atoms with E-state index in [1.165, 1.54) is 4.90 Å². The Balaban J connectivity index is 1.92. The lowest BCUT2D eigenvalue weighted by Gasteiger charge is -2.20. The number of benzene rings is 1. The normalized spacial score (nSPS) is 18.2. The van der Waals surface area contributed by atoms with Crippen LogP contribution in [-0.2, 0) is 20.9 Å². The van der Waals surface area contributed by atoms with Crippen LogP contribution >= 0.6 is 0 Å². The number of esters is 1. The highest BCUT2D eigenvalue weighted by atomic mass is 16.6. The van der Waals surface area contributed by atoms with E-state index in [9.17, 15) is 9.59 Å². The fraction of sp³-hybridized carbons (Fsp3) is 0.467. The van der Waals surface area contributed by atoms with Crippen LogP contribution in [0.15, 0.2) is 30.3 Å². The van der Waals surface area contributed by atoms with Crippen LogP contribution in [0.1, 0.15) is 25.8 Å². The average molecular weight is 277 g/mol. The topological polar surface area (TPSA) is 55.8 Å². The van der Waals surface area contributed by atoms with Gasteiger partial charge in [0, 0.05) is 0 Å². The smallest absolute Gasteiger partial charge is 0.413 e. The van der Waals surface area contributed by atoms with Gasteiger partial charge in [-0.15, -0.1) is 0 Å². The minimum Gasteiger partial charge on any atom is -0.444 e. The molecule has 0 unspecified atom stereocenters. The van der Waals surface area contributed by atoms with Crippen molar-refractivity contribution in [2.24, 2.45) is 5.92 Å². The Labute approximate surface area is 118 Å². The molecule has 1 aromatic rings. The van der Waals surface area contributed by atoms with Gasteiger partial charge >= 0.3 is 12.1 Å². The predicted molar refractivity (Wildman–Crippen MR) is 72.7 cm³/mol. The molecule has 2 rings (SSSR count). The Bertz CT molecular complexity index is 472. The lowest BCUT2D eigenvalue weighted by molar-refractivity contribution is -0.139. The minimum atomic E-state index is -0.529. The summed E-state index contributed by atoms with van der Waals surface area (Å²) in [6, 6.07) is 8.89. The maximum absolute atomic E-state index is 12.0. The Morgan fingerprint density at radius 3 is 2.75 bits per heavy atom. The monoisotopic (exact) mass is 277 g/mol. The van der Waals surface area contributed by atoms with Crippen molar-refractivity contribution in [2.75, 3.05) is 6.73 Å². The third-order valence-corrected chi connectivity index (χ3v) is 3.13. The van der Waals surface area contributed by atoms with Crippen molar-refractivity contribution in [1.82, 2.24) is 4.90 Å². The maximum Gasteiger partial charge on any atom is 0.413 e. The maximum atomic E-state index is 12.0. The van der Waals surface area contributed by atoms with Gasteiger partial charge < -0.3 is 9.47 Å². The van der Waals surface area contributed by atoms with E-state index in [0.29, 0.717) is 12.3 Å². The Kier molecular flexibility index (Phi) is 4.61. The zero-order valence-corrected chi connectivity index (χ0v) is 11.7. The van der Waals surface area contributed by atoms with Gasteiger partial charge in [-0.05, 0) is 17.9 Å². The second-order valence-corrected chi connectivity index (χ2v) is 5.25. The molecule has 0 bridgehead atoms. The van der Waals surface area contributed by atoms with Gasteiger partial charge in [-0.3, -0.25) is 4.90 Å². The van der Waals surface area contributed by atoms with Crippen molar-refractivity contribution in [3.05, 3.63) is 35.9 Å². The third kappa shape index (κ3) is 3.50.